The molecule has 2 N–H and O–H groups in total. The van der Waals surface area contributed by atoms with Crippen LogP contribution in [0.3, 0.4) is 0 Å². The maximum absolute atomic E-state index is 12.0. The molecule has 0 aliphatic heterocycles. The quantitative estimate of drug-likeness (QED) is 0.622. The largest absolute Gasteiger partial charge is 0.461 e. The summed E-state index contributed by atoms with van der Waals surface area (Å²) in [6, 6.07) is 9.43. The third-order valence-corrected chi connectivity index (χ3v) is 3.24. The van der Waals surface area contributed by atoms with Gasteiger partial charge in [-0.1, -0.05) is 30.3 Å². The number of hydrogen-bond donors (Lipinski definition) is 1. The summed E-state index contributed by atoms with van der Waals surface area (Å²) in [4.78, 5) is 27.3. The lowest BCUT2D eigenvalue weighted by atomic mass is 10.00. The summed E-state index contributed by atoms with van der Waals surface area (Å²) < 4.78 is 5.25. The van der Waals surface area contributed by atoms with Gasteiger partial charge in [0.2, 0.25) is 0 Å². The molecule has 0 heterocycles. The average molecular weight is 263 g/mol. The number of esters is 1. The molecular formula is C14H17NO4. The first-order valence-corrected chi connectivity index (χ1v) is 6.31. The summed E-state index contributed by atoms with van der Waals surface area (Å²) in [6.07, 6.45) is 1.89. The zero-order valence-electron chi connectivity index (χ0n) is 10.6. The predicted molar refractivity (Wildman–Crippen MR) is 67.3 cm³/mol. The number of rotatable bonds is 6. The van der Waals surface area contributed by atoms with E-state index in [4.69, 9.17) is 10.6 Å². The van der Waals surface area contributed by atoms with E-state index in [1.165, 1.54) is 0 Å². The lowest BCUT2D eigenvalue weighted by Gasteiger charge is -2.13. The van der Waals surface area contributed by atoms with Crippen molar-refractivity contribution < 1.29 is 19.2 Å². The van der Waals surface area contributed by atoms with Crippen LogP contribution in [0.2, 0.25) is 0 Å². The van der Waals surface area contributed by atoms with Gasteiger partial charge in [0.05, 0.1) is 12.3 Å². The Kier molecular flexibility index (Phi) is 4.52. The second-order valence-corrected chi connectivity index (χ2v) is 4.73. The van der Waals surface area contributed by atoms with E-state index >= 15 is 0 Å². The summed E-state index contributed by atoms with van der Waals surface area (Å²) in [6.45, 7) is 0.223. The van der Waals surface area contributed by atoms with Gasteiger partial charge in [-0.2, -0.15) is 5.90 Å². The number of hydrogen-bond acceptors (Lipinski definition) is 5. The van der Waals surface area contributed by atoms with E-state index in [-0.39, 0.29) is 24.9 Å². The molecule has 2 rings (SSSR count). The molecule has 1 unspecified atom stereocenters. The zero-order chi connectivity index (χ0) is 13.7. The minimum atomic E-state index is -0.575. The van der Waals surface area contributed by atoms with Gasteiger partial charge in [0.1, 0.15) is 6.61 Å². The van der Waals surface area contributed by atoms with Crippen molar-refractivity contribution in [3.63, 3.8) is 0 Å². The van der Waals surface area contributed by atoms with Gasteiger partial charge in [0, 0.05) is 0 Å². The molecule has 1 aromatic carbocycles. The van der Waals surface area contributed by atoms with E-state index in [2.05, 4.69) is 4.84 Å². The van der Waals surface area contributed by atoms with Crippen LogP contribution >= 0.6 is 0 Å². The van der Waals surface area contributed by atoms with Gasteiger partial charge in [0.25, 0.3) is 0 Å². The fourth-order valence-corrected chi connectivity index (χ4v) is 2.00. The van der Waals surface area contributed by atoms with Crippen molar-refractivity contribution in [2.45, 2.75) is 25.9 Å². The van der Waals surface area contributed by atoms with Crippen LogP contribution in [0.1, 0.15) is 24.8 Å². The fraction of sp³-hybridized carbons (Fsp3) is 0.429. The first kappa shape index (κ1) is 13.5. The van der Waals surface area contributed by atoms with Crippen LogP contribution in [-0.2, 0) is 25.8 Å². The normalized spacial score (nSPS) is 15.6. The highest BCUT2D eigenvalue weighted by molar-refractivity contribution is 5.80. The van der Waals surface area contributed by atoms with Crippen LogP contribution in [0.15, 0.2) is 30.3 Å². The van der Waals surface area contributed by atoms with Crippen molar-refractivity contribution in [2.24, 2.45) is 17.7 Å². The molecule has 1 saturated carbocycles. The van der Waals surface area contributed by atoms with E-state index in [1.807, 2.05) is 30.3 Å². The molecule has 5 heteroatoms. The molecule has 1 aliphatic rings. The van der Waals surface area contributed by atoms with Crippen LogP contribution in [0.4, 0.5) is 0 Å². The van der Waals surface area contributed by atoms with Crippen molar-refractivity contribution in [2.75, 3.05) is 0 Å². The number of carbonyl (C=O) groups excluding carboxylic acids is 2. The molecule has 1 atom stereocenters. The Hall–Kier alpha value is -1.88. The van der Waals surface area contributed by atoms with Gasteiger partial charge in [-0.15, -0.1) is 0 Å². The Morgan fingerprint density at radius 1 is 1.26 bits per heavy atom. The highest BCUT2D eigenvalue weighted by Gasteiger charge is 2.38. The van der Waals surface area contributed by atoms with Crippen LogP contribution in [-0.4, -0.2) is 11.9 Å². The van der Waals surface area contributed by atoms with E-state index < -0.39 is 11.9 Å². The second kappa shape index (κ2) is 6.33. The Morgan fingerprint density at radius 2 is 1.95 bits per heavy atom. The van der Waals surface area contributed by atoms with E-state index in [1.54, 1.807) is 0 Å². The monoisotopic (exact) mass is 263 g/mol. The average Bonchev–Trinajstić information content (AvgIpc) is 3.27. The molecule has 102 valence electrons. The van der Waals surface area contributed by atoms with Crippen molar-refractivity contribution >= 4 is 11.9 Å². The first-order chi connectivity index (χ1) is 9.20. The highest BCUT2D eigenvalue weighted by atomic mass is 16.7. The van der Waals surface area contributed by atoms with Crippen LogP contribution in [0.25, 0.3) is 0 Å². The first-order valence-electron chi connectivity index (χ1n) is 6.31. The van der Waals surface area contributed by atoms with Gasteiger partial charge < -0.3 is 9.57 Å². The van der Waals surface area contributed by atoms with Crippen molar-refractivity contribution in [3.05, 3.63) is 35.9 Å². The molecule has 0 saturated heterocycles. The summed E-state index contributed by atoms with van der Waals surface area (Å²) in [5, 5.41) is 0. The lowest BCUT2D eigenvalue weighted by molar-refractivity contribution is -0.157. The minimum absolute atomic E-state index is 0.00517. The number of carbonyl (C=O) groups is 2. The van der Waals surface area contributed by atoms with Gasteiger partial charge in [-0.3, -0.25) is 9.59 Å². The van der Waals surface area contributed by atoms with E-state index in [0.29, 0.717) is 0 Å². The summed E-state index contributed by atoms with van der Waals surface area (Å²) in [5.74, 6) is 3.67. The number of ether oxygens (including phenoxy) is 1. The maximum atomic E-state index is 12.0. The fourth-order valence-electron chi connectivity index (χ4n) is 2.00. The third kappa shape index (κ3) is 4.06. The molecule has 0 amide bonds. The molecule has 5 nitrogen and oxygen atoms in total. The van der Waals surface area contributed by atoms with Gasteiger partial charge in [-0.25, -0.2) is 0 Å². The molecule has 0 spiro atoms. The minimum Gasteiger partial charge on any atom is -0.461 e. The maximum Gasteiger partial charge on any atom is 0.325 e. The molecule has 1 fully saturated rings. The summed E-state index contributed by atoms with van der Waals surface area (Å²) >= 11 is 0. The van der Waals surface area contributed by atoms with Crippen molar-refractivity contribution in [3.8, 4) is 0 Å². The molecule has 0 bridgehead atoms. The van der Waals surface area contributed by atoms with E-state index in [0.717, 1.165) is 18.4 Å². The molecule has 1 aromatic rings. The SMILES string of the molecule is NOC(=O)CC(C(=O)OCc1ccccc1)C1CC1. The Morgan fingerprint density at radius 3 is 2.53 bits per heavy atom. The number of benzene rings is 1. The van der Waals surface area contributed by atoms with Gasteiger partial charge in [0.15, 0.2) is 0 Å². The second-order valence-electron chi connectivity index (χ2n) is 4.73. The molecule has 19 heavy (non-hydrogen) atoms. The Bertz CT molecular complexity index is 442. The summed E-state index contributed by atoms with van der Waals surface area (Å²) in [5.41, 5.74) is 0.923. The zero-order valence-corrected chi connectivity index (χ0v) is 10.6. The third-order valence-electron chi connectivity index (χ3n) is 3.24. The van der Waals surface area contributed by atoms with E-state index in [9.17, 15) is 9.59 Å². The molecule has 1 aliphatic carbocycles. The van der Waals surface area contributed by atoms with Gasteiger partial charge in [-0.05, 0) is 24.3 Å². The molecular weight excluding hydrogens is 246 g/mol. The van der Waals surface area contributed by atoms with Gasteiger partial charge >= 0.3 is 11.9 Å². The van der Waals surface area contributed by atoms with Crippen molar-refractivity contribution in [1.29, 1.82) is 0 Å². The smallest absolute Gasteiger partial charge is 0.325 e. The Balaban J connectivity index is 1.87. The van der Waals surface area contributed by atoms with Crippen LogP contribution < -0.4 is 5.90 Å². The van der Waals surface area contributed by atoms with Crippen molar-refractivity contribution in [1.82, 2.24) is 0 Å². The van der Waals surface area contributed by atoms with Crippen LogP contribution in [0, 0.1) is 11.8 Å². The topological polar surface area (TPSA) is 78.6 Å². The molecule has 0 radical (unpaired) electrons. The Labute approximate surface area is 111 Å². The highest BCUT2D eigenvalue weighted by Crippen LogP contribution is 2.39. The predicted octanol–water partition coefficient (Wildman–Crippen LogP) is 1.56. The molecule has 0 aromatic heterocycles. The van der Waals surface area contributed by atoms with Crippen LogP contribution in [0.5, 0.6) is 0 Å². The summed E-state index contributed by atoms with van der Waals surface area (Å²) in [7, 11) is 0. The number of nitrogens with two attached hydrogens (primary N) is 1. The standard InChI is InChI=1S/C14H17NO4/c15-19-13(16)8-12(11-6-7-11)14(17)18-9-10-4-2-1-3-5-10/h1-5,11-12H,6-9,15H2. The lowest BCUT2D eigenvalue weighted by Crippen LogP contribution is -2.24.